The SMILES string of the molecule is O=C(O)CCC1=NS(=O)(=O)c2cc(Cl)ccc2N1. The van der Waals surface area contributed by atoms with Crippen LogP contribution in [0.3, 0.4) is 0 Å². The van der Waals surface area contributed by atoms with Crippen molar-refractivity contribution >= 4 is 39.1 Å². The molecule has 0 saturated carbocycles. The molecule has 0 aliphatic carbocycles. The second-order valence-electron chi connectivity index (χ2n) is 3.67. The predicted octanol–water partition coefficient (Wildman–Crippen LogP) is 1.72. The van der Waals surface area contributed by atoms with Crippen LogP contribution in [-0.4, -0.2) is 25.3 Å². The van der Waals surface area contributed by atoms with E-state index in [4.69, 9.17) is 16.7 Å². The lowest BCUT2D eigenvalue weighted by Gasteiger charge is -2.17. The first-order chi connectivity index (χ1) is 8.38. The average Bonchev–Trinajstić information content (AvgIpc) is 2.27. The van der Waals surface area contributed by atoms with E-state index in [-0.39, 0.29) is 23.6 Å². The molecule has 2 N–H and O–H groups in total. The van der Waals surface area contributed by atoms with Crippen molar-refractivity contribution in [2.75, 3.05) is 5.32 Å². The Kier molecular flexibility index (Phi) is 3.27. The Bertz CT molecular complexity index is 639. The lowest BCUT2D eigenvalue weighted by atomic mass is 10.2. The zero-order valence-electron chi connectivity index (χ0n) is 9.05. The highest BCUT2D eigenvalue weighted by Crippen LogP contribution is 2.30. The van der Waals surface area contributed by atoms with Gasteiger partial charge in [0.15, 0.2) is 0 Å². The van der Waals surface area contributed by atoms with Crippen molar-refractivity contribution in [2.45, 2.75) is 17.7 Å². The summed E-state index contributed by atoms with van der Waals surface area (Å²) in [4.78, 5) is 10.4. The maximum Gasteiger partial charge on any atom is 0.303 e. The van der Waals surface area contributed by atoms with Gasteiger partial charge in [-0.2, -0.15) is 8.42 Å². The van der Waals surface area contributed by atoms with Crippen LogP contribution in [0.1, 0.15) is 12.8 Å². The summed E-state index contributed by atoms with van der Waals surface area (Å²) in [7, 11) is -3.81. The molecule has 96 valence electrons. The molecule has 1 heterocycles. The maximum absolute atomic E-state index is 11.8. The first-order valence-electron chi connectivity index (χ1n) is 5.01. The Hall–Kier alpha value is -1.60. The Balaban J connectivity index is 2.36. The molecule has 0 bridgehead atoms. The Labute approximate surface area is 108 Å². The molecule has 1 aliphatic rings. The van der Waals surface area contributed by atoms with E-state index in [9.17, 15) is 13.2 Å². The summed E-state index contributed by atoms with van der Waals surface area (Å²) in [6.07, 6.45) is -0.166. The number of carboxylic acids is 1. The number of fused-ring (bicyclic) bond motifs is 1. The fourth-order valence-corrected chi connectivity index (χ4v) is 2.95. The summed E-state index contributed by atoms with van der Waals surface area (Å²) < 4.78 is 27.2. The number of aliphatic carboxylic acids is 1. The van der Waals surface area contributed by atoms with E-state index in [0.717, 1.165) is 0 Å². The topological polar surface area (TPSA) is 95.8 Å². The molecule has 1 aromatic carbocycles. The number of rotatable bonds is 3. The number of hydrogen-bond donors (Lipinski definition) is 2. The van der Waals surface area contributed by atoms with Crippen LogP contribution >= 0.6 is 11.6 Å². The van der Waals surface area contributed by atoms with Gasteiger partial charge in [-0.1, -0.05) is 11.6 Å². The Morgan fingerprint density at radius 1 is 1.44 bits per heavy atom. The highest BCUT2D eigenvalue weighted by atomic mass is 35.5. The summed E-state index contributed by atoms with van der Waals surface area (Å²) in [5.41, 5.74) is 0.356. The van der Waals surface area contributed by atoms with E-state index in [2.05, 4.69) is 9.71 Å². The number of halogens is 1. The fraction of sp³-hybridized carbons (Fsp3) is 0.200. The summed E-state index contributed by atoms with van der Waals surface area (Å²) in [5, 5.41) is 11.6. The molecule has 0 aromatic heterocycles. The van der Waals surface area contributed by atoms with E-state index in [1.54, 1.807) is 6.07 Å². The van der Waals surface area contributed by atoms with Crippen molar-refractivity contribution in [1.29, 1.82) is 0 Å². The molecule has 6 nitrogen and oxygen atoms in total. The van der Waals surface area contributed by atoms with Gasteiger partial charge in [0.05, 0.1) is 12.1 Å². The zero-order valence-corrected chi connectivity index (χ0v) is 10.6. The standard InChI is InChI=1S/C10H9ClN2O4S/c11-6-1-2-7-8(5-6)18(16,17)13-9(12-7)3-4-10(14)15/h1-2,5H,3-4H2,(H,12,13)(H,14,15). The van der Waals surface area contributed by atoms with Crippen LogP contribution in [0, 0.1) is 0 Å². The van der Waals surface area contributed by atoms with Crippen LogP contribution < -0.4 is 5.32 Å². The lowest BCUT2D eigenvalue weighted by Crippen LogP contribution is -2.22. The van der Waals surface area contributed by atoms with E-state index in [0.29, 0.717) is 10.7 Å². The van der Waals surface area contributed by atoms with E-state index in [1.165, 1.54) is 12.1 Å². The van der Waals surface area contributed by atoms with Gasteiger partial charge >= 0.3 is 5.97 Å². The van der Waals surface area contributed by atoms with E-state index >= 15 is 0 Å². The van der Waals surface area contributed by atoms with E-state index < -0.39 is 16.0 Å². The van der Waals surface area contributed by atoms with Crippen molar-refractivity contribution in [1.82, 2.24) is 0 Å². The Morgan fingerprint density at radius 3 is 2.83 bits per heavy atom. The summed E-state index contributed by atoms with van der Waals surface area (Å²) in [5.74, 6) is -0.897. The minimum atomic E-state index is -3.81. The molecule has 1 aliphatic heterocycles. The quantitative estimate of drug-likeness (QED) is 0.883. The Morgan fingerprint density at radius 2 is 2.17 bits per heavy atom. The van der Waals surface area contributed by atoms with Gasteiger partial charge in [0.1, 0.15) is 10.7 Å². The summed E-state index contributed by atoms with van der Waals surface area (Å²) in [6, 6.07) is 4.37. The number of sulfonamides is 1. The number of benzene rings is 1. The molecule has 18 heavy (non-hydrogen) atoms. The maximum atomic E-state index is 11.8. The molecule has 8 heteroatoms. The van der Waals surface area contributed by atoms with Crippen molar-refractivity contribution in [3.8, 4) is 0 Å². The number of nitrogens with one attached hydrogen (secondary N) is 1. The molecular weight excluding hydrogens is 280 g/mol. The molecule has 0 unspecified atom stereocenters. The van der Waals surface area contributed by atoms with Gasteiger partial charge in [0.25, 0.3) is 10.0 Å². The van der Waals surface area contributed by atoms with Crippen molar-refractivity contribution in [2.24, 2.45) is 4.40 Å². The second kappa shape index (κ2) is 4.58. The smallest absolute Gasteiger partial charge is 0.303 e. The molecule has 0 amide bonds. The van der Waals surface area contributed by atoms with Crippen molar-refractivity contribution in [3.05, 3.63) is 23.2 Å². The third kappa shape index (κ3) is 2.62. The van der Waals surface area contributed by atoms with Gasteiger partial charge < -0.3 is 10.4 Å². The minimum Gasteiger partial charge on any atom is -0.481 e. The van der Waals surface area contributed by atoms with Gasteiger partial charge in [-0.25, -0.2) is 0 Å². The van der Waals surface area contributed by atoms with Crippen LogP contribution in [0.5, 0.6) is 0 Å². The molecular formula is C10H9ClN2O4S. The molecule has 1 aromatic rings. The normalized spacial score (nSPS) is 16.4. The van der Waals surface area contributed by atoms with Crippen LogP contribution in [0.2, 0.25) is 5.02 Å². The monoisotopic (exact) mass is 288 g/mol. The molecule has 0 saturated heterocycles. The van der Waals surface area contributed by atoms with E-state index in [1.807, 2.05) is 0 Å². The van der Waals surface area contributed by atoms with Crippen molar-refractivity contribution in [3.63, 3.8) is 0 Å². The first-order valence-corrected chi connectivity index (χ1v) is 6.82. The average molecular weight is 289 g/mol. The molecule has 0 spiro atoms. The van der Waals surface area contributed by atoms with Gasteiger partial charge in [0, 0.05) is 11.4 Å². The fourth-order valence-electron chi connectivity index (χ4n) is 1.52. The van der Waals surface area contributed by atoms with Crippen LogP contribution in [0.25, 0.3) is 0 Å². The number of hydrogen-bond acceptors (Lipinski definition) is 4. The number of carboxylic acid groups (broad SMARTS) is 1. The molecule has 0 radical (unpaired) electrons. The minimum absolute atomic E-state index is 0.00549. The highest BCUT2D eigenvalue weighted by molar-refractivity contribution is 7.90. The molecule has 0 fully saturated rings. The first kappa shape index (κ1) is 12.8. The zero-order chi connectivity index (χ0) is 13.3. The van der Waals surface area contributed by atoms with Crippen LogP contribution in [-0.2, 0) is 14.8 Å². The largest absolute Gasteiger partial charge is 0.481 e. The highest BCUT2D eigenvalue weighted by Gasteiger charge is 2.25. The summed E-state index contributed by atoms with van der Waals surface area (Å²) in [6.45, 7) is 0. The van der Waals surface area contributed by atoms with Gasteiger partial charge in [-0.3, -0.25) is 4.79 Å². The van der Waals surface area contributed by atoms with Crippen LogP contribution in [0.4, 0.5) is 5.69 Å². The van der Waals surface area contributed by atoms with Crippen molar-refractivity contribution < 1.29 is 18.3 Å². The lowest BCUT2D eigenvalue weighted by molar-refractivity contribution is -0.136. The second-order valence-corrected chi connectivity index (χ2v) is 5.68. The number of carbonyl (C=O) groups is 1. The molecule has 2 rings (SSSR count). The number of amidine groups is 1. The summed E-state index contributed by atoms with van der Waals surface area (Å²) >= 11 is 5.72. The molecule has 0 atom stereocenters. The predicted molar refractivity (Wildman–Crippen MR) is 66.6 cm³/mol. The number of anilines is 1. The third-order valence-corrected chi connectivity index (χ3v) is 3.90. The van der Waals surface area contributed by atoms with Gasteiger partial charge in [-0.15, -0.1) is 4.40 Å². The van der Waals surface area contributed by atoms with Crippen LogP contribution in [0.15, 0.2) is 27.5 Å². The van der Waals surface area contributed by atoms with Gasteiger partial charge in [-0.05, 0) is 18.2 Å². The van der Waals surface area contributed by atoms with Gasteiger partial charge in [0.2, 0.25) is 0 Å². The third-order valence-electron chi connectivity index (χ3n) is 2.31. The number of nitrogens with zero attached hydrogens (tertiary/aromatic N) is 1.